The summed E-state index contributed by atoms with van der Waals surface area (Å²) in [5, 5.41) is 0. The predicted octanol–water partition coefficient (Wildman–Crippen LogP) is 4.66. The van der Waals surface area contributed by atoms with Crippen LogP contribution in [0.1, 0.15) is 59.8 Å². The molecule has 2 saturated carbocycles. The molecule has 0 radical (unpaired) electrons. The number of rotatable bonds is 1. The Morgan fingerprint density at radius 1 is 1.26 bits per heavy atom. The number of carbonyl (C=O) groups excluding carboxylic acids is 1. The molecule has 0 saturated heterocycles. The molecule has 0 aromatic rings. The van der Waals surface area contributed by atoms with Crippen molar-refractivity contribution in [3.8, 4) is 0 Å². The molecule has 1 aliphatic heterocycles. The topological polar surface area (TPSA) is 47.9 Å². The second-order valence-electron chi connectivity index (χ2n) is 7.32. The highest BCUT2D eigenvalue weighted by atomic mass is 16.5. The monoisotopic (exact) mass is 321 g/mol. The second-order valence-corrected chi connectivity index (χ2v) is 7.32. The molecule has 3 rings (SSSR count). The van der Waals surface area contributed by atoms with Gasteiger partial charge in [-0.15, -0.1) is 0 Å². The Balaban J connectivity index is 0.000000175. The molecule has 130 valence electrons. The highest BCUT2D eigenvalue weighted by molar-refractivity contribution is 5.78. The largest absolute Gasteiger partial charge is 0.492 e. The average molecular weight is 321 g/mol. The van der Waals surface area contributed by atoms with Gasteiger partial charge < -0.3 is 9.47 Å². The molecule has 0 amide bonds. The van der Waals surface area contributed by atoms with Gasteiger partial charge in [0.1, 0.15) is 18.0 Å². The molecule has 4 heteroatoms. The molecule has 0 aromatic heterocycles. The Kier molecular flexibility index (Phi) is 8.07. The van der Waals surface area contributed by atoms with E-state index >= 15 is 0 Å². The number of hydrogen-bond donors (Lipinski definition) is 0. The number of hydrogen-bond acceptors (Lipinski definition) is 4. The van der Waals surface area contributed by atoms with Gasteiger partial charge in [-0.25, -0.2) is 0 Å². The number of fused-ring (bicyclic) bond motifs is 1. The summed E-state index contributed by atoms with van der Waals surface area (Å²) in [5.41, 5.74) is 0.588. The second kappa shape index (κ2) is 9.53. The van der Waals surface area contributed by atoms with Gasteiger partial charge in [0.15, 0.2) is 0 Å². The van der Waals surface area contributed by atoms with E-state index in [1.54, 1.807) is 38.1 Å². The van der Waals surface area contributed by atoms with Crippen LogP contribution in [0.15, 0.2) is 29.1 Å². The predicted molar refractivity (Wildman–Crippen MR) is 94.3 cm³/mol. The van der Waals surface area contributed by atoms with Crippen LogP contribution in [0.3, 0.4) is 0 Å². The van der Waals surface area contributed by atoms with Crippen LogP contribution < -0.4 is 0 Å². The van der Waals surface area contributed by atoms with Gasteiger partial charge >= 0.3 is 0 Å². The number of carbonyl (C=O) groups is 1. The van der Waals surface area contributed by atoms with Crippen LogP contribution in [0.4, 0.5) is 0 Å². The summed E-state index contributed by atoms with van der Waals surface area (Å²) in [4.78, 5) is 13.5. The molecule has 2 atom stereocenters. The fourth-order valence-corrected chi connectivity index (χ4v) is 2.71. The highest BCUT2D eigenvalue weighted by Crippen LogP contribution is 2.46. The lowest BCUT2D eigenvalue weighted by molar-refractivity contribution is -0.138. The lowest BCUT2D eigenvalue weighted by Gasteiger charge is -2.29. The van der Waals surface area contributed by atoms with E-state index in [0.29, 0.717) is 13.1 Å². The molecule has 23 heavy (non-hydrogen) atoms. The minimum absolute atomic E-state index is 0.318. The van der Waals surface area contributed by atoms with Gasteiger partial charge in [-0.05, 0) is 52.4 Å². The number of ether oxygens (including phenoxy) is 2. The smallest absolute Gasteiger partial charge is 0.293 e. The van der Waals surface area contributed by atoms with E-state index in [0.717, 1.165) is 11.3 Å². The van der Waals surface area contributed by atoms with E-state index in [9.17, 15) is 4.79 Å². The first-order valence-corrected chi connectivity index (χ1v) is 8.44. The summed E-state index contributed by atoms with van der Waals surface area (Å²) in [5.74, 6) is 3.23. The van der Waals surface area contributed by atoms with Crippen molar-refractivity contribution in [3.63, 3.8) is 0 Å². The molecule has 2 fully saturated rings. The maximum absolute atomic E-state index is 9.60. The van der Waals surface area contributed by atoms with Crippen LogP contribution in [0.25, 0.3) is 0 Å². The van der Waals surface area contributed by atoms with Crippen molar-refractivity contribution >= 4 is 12.7 Å². The summed E-state index contributed by atoms with van der Waals surface area (Å²) < 4.78 is 9.70. The van der Waals surface area contributed by atoms with Crippen LogP contribution in [0.5, 0.6) is 0 Å². The van der Waals surface area contributed by atoms with Crippen LogP contribution in [-0.4, -0.2) is 24.9 Å². The summed E-state index contributed by atoms with van der Waals surface area (Å²) in [6, 6.07) is 0. The van der Waals surface area contributed by atoms with Crippen molar-refractivity contribution < 1.29 is 14.3 Å². The summed E-state index contributed by atoms with van der Waals surface area (Å²) >= 11 is 0. The molecule has 4 nitrogen and oxygen atoms in total. The third-order valence-corrected chi connectivity index (χ3v) is 4.13. The Morgan fingerprint density at radius 3 is 2.26 bits per heavy atom. The molecule has 1 heterocycles. The summed E-state index contributed by atoms with van der Waals surface area (Å²) in [6.45, 7) is 12.1. The van der Waals surface area contributed by atoms with E-state index in [1.165, 1.54) is 18.3 Å². The van der Waals surface area contributed by atoms with Crippen molar-refractivity contribution in [2.45, 2.75) is 65.4 Å². The average Bonchev–Trinajstić information content (AvgIpc) is 2.63. The van der Waals surface area contributed by atoms with Crippen molar-refractivity contribution in [1.82, 2.24) is 0 Å². The Labute approximate surface area is 140 Å². The Bertz CT molecular complexity index is 436. The van der Waals surface area contributed by atoms with Gasteiger partial charge in [0.05, 0.1) is 6.20 Å². The molecule has 0 spiro atoms. The zero-order chi connectivity index (χ0) is 17.3. The molecule has 0 N–H and O–H groups in total. The van der Waals surface area contributed by atoms with Gasteiger partial charge in [-0.3, -0.25) is 9.79 Å². The van der Waals surface area contributed by atoms with Crippen LogP contribution >= 0.6 is 0 Å². The van der Waals surface area contributed by atoms with Gasteiger partial charge in [0, 0.05) is 11.8 Å². The molecule has 2 unspecified atom stereocenters. The summed E-state index contributed by atoms with van der Waals surface area (Å²) in [7, 11) is 0. The molecule has 3 aliphatic rings. The first-order chi connectivity index (χ1) is 10.8. The van der Waals surface area contributed by atoms with Crippen LogP contribution in [0.2, 0.25) is 0 Å². The first-order valence-electron chi connectivity index (χ1n) is 8.44. The SMILES string of the molecule is C1CC2CCC2C1.C=C1C=NC=C(C)OC1.CC(C)(C)OC=O. The normalized spacial score (nSPS) is 25.0. The van der Waals surface area contributed by atoms with Gasteiger partial charge in [-0.1, -0.05) is 25.8 Å². The van der Waals surface area contributed by atoms with Crippen molar-refractivity contribution in [2.24, 2.45) is 16.8 Å². The zero-order valence-electron chi connectivity index (χ0n) is 15.0. The third-order valence-electron chi connectivity index (χ3n) is 4.13. The number of aliphatic imine (C=N–C) groups is 1. The fraction of sp³-hybridized carbons (Fsp3) is 0.684. The van der Waals surface area contributed by atoms with Crippen molar-refractivity contribution in [2.75, 3.05) is 6.61 Å². The maximum atomic E-state index is 9.60. The van der Waals surface area contributed by atoms with E-state index in [4.69, 9.17) is 4.74 Å². The summed E-state index contributed by atoms with van der Waals surface area (Å²) in [6.07, 6.45) is 11.2. The maximum Gasteiger partial charge on any atom is 0.293 e. The molecule has 2 aliphatic carbocycles. The minimum atomic E-state index is -0.318. The molecule has 0 aromatic carbocycles. The van der Waals surface area contributed by atoms with Gasteiger partial charge in [0.25, 0.3) is 6.47 Å². The first kappa shape index (κ1) is 19.5. The van der Waals surface area contributed by atoms with Gasteiger partial charge in [0.2, 0.25) is 0 Å². The van der Waals surface area contributed by atoms with Gasteiger partial charge in [-0.2, -0.15) is 0 Å². The van der Waals surface area contributed by atoms with E-state index in [2.05, 4.69) is 16.3 Å². The Morgan fingerprint density at radius 2 is 1.87 bits per heavy atom. The minimum Gasteiger partial charge on any atom is -0.492 e. The standard InChI is InChI=1S/C7H9NO.C7H12.C5H10O2/c1-6-3-8-4-7(2)9-5-6;1-2-6-4-5-7(6)3-1;1-5(2,3)7-4-6/h3-4H,1,5H2,2H3;6-7H,1-5H2;4H,1-3H3. The lowest BCUT2D eigenvalue weighted by atomic mass is 9.77. The van der Waals surface area contributed by atoms with Crippen molar-refractivity contribution in [3.05, 3.63) is 24.1 Å². The fourth-order valence-electron chi connectivity index (χ4n) is 2.71. The Hall–Kier alpha value is -1.58. The van der Waals surface area contributed by atoms with Crippen molar-refractivity contribution in [1.29, 1.82) is 0 Å². The zero-order valence-corrected chi connectivity index (χ0v) is 15.0. The number of allylic oxidation sites excluding steroid dienone is 1. The lowest BCUT2D eigenvalue weighted by Crippen LogP contribution is -2.18. The van der Waals surface area contributed by atoms with Crippen LogP contribution in [0, 0.1) is 11.8 Å². The van der Waals surface area contributed by atoms with E-state index in [1.807, 2.05) is 27.7 Å². The molecule has 0 bridgehead atoms. The number of nitrogens with zero attached hydrogens (tertiary/aromatic N) is 1. The van der Waals surface area contributed by atoms with E-state index < -0.39 is 0 Å². The van der Waals surface area contributed by atoms with Crippen LogP contribution in [-0.2, 0) is 14.3 Å². The third kappa shape index (κ3) is 8.58. The highest BCUT2D eigenvalue weighted by Gasteiger charge is 2.34. The van der Waals surface area contributed by atoms with E-state index in [-0.39, 0.29) is 5.60 Å². The quantitative estimate of drug-likeness (QED) is 0.660. The molecular formula is C19H31NO3. The molecular weight excluding hydrogens is 290 g/mol.